The largest absolute Gasteiger partial charge is 0.494 e. The molecule has 42 heavy (non-hydrogen) atoms. The zero-order valence-electron chi connectivity index (χ0n) is 23.7. The average molecular weight is 573 g/mol. The van der Waals surface area contributed by atoms with Crippen LogP contribution in [0.2, 0.25) is 0 Å². The number of hydrogen-bond donors (Lipinski definition) is 4. The molecule has 1 aliphatic carbocycles. The molecule has 2 aromatic heterocycles. The molecule has 0 unspecified atom stereocenters. The molecule has 14 nitrogen and oxygen atoms in total. The molecule has 0 spiro atoms. The van der Waals surface area contributed by atoms with E-state index in [1.165, 1.54) is 25.3 Å². The Morgan fingerprint density at radius 2 is 1.95 bits per heavy atom. The van der Waals surface area contributed by atoms with Crippen LogP contribution in [0.15, 0.2) is 52.7 Å². The second-order valence-corrected chi connectivity index (χ2v) is 9.45. The van der Waals surface area contributed by atoms with Gasteiger partial charge in [-0.25, -0.2) is 0 Å². The maximum Gasteiger partial charge on any atom is 0.273 e. The van der Waals surface area contributed by atoms with E-state index in [9.17, 15) is 14.4 Å². The quantitative estimate of drug-likeness (QED) is 0.151. The first-order valence-electron chi connectivity index (χ1n) is 13.0. The Morgan fingerprint density at radius 1 is 1.17 bits per heavy atom. The number of ether oxygens (including phenoxy) is 1. The Kier molecular flexibility index (Phi) is 9.37. The van der Waals surface area contributed by atoms with Crippen molar-refractivity contribution >= 4 is 46.8 Å². The lowest BCUT2D eigenvalue weighted by molar-refractivity contribution is -0.117. The van der Waals surface area contributed by atoms with Crippen molar-refractivity contribution in [2.45, 2.75) is 12.8 Å². The van der Waals surface area contributed by atoms with Gasteiger partial charge in [-0.3, -0.25) is 24.4 Å². The van der Waals surface area contributed by atoms with Crippen LogP contribution in [0, 0.1) is 5.92 Å². The van der Waals surface area contributed by atoms with Crippen LogP contribution in [0.3, 0.4) is 0 Å². The topological polar surface area (TPSA) is 189 Å². The third-order valence-electron chi connectivity index (χ3n) is 6.41. The average Bonchev–Trinajstić information content (AvgIpc) is 3.86. The minimum Gasteiger partial charge on any atom is -0.494 e. The summed E-state index contributed by atoms with van der Waals surface area (Å²) in [6.07, 6.45) is 4.73. The fourth-order valence-electron chi connectivity index (χ4n) is 4.09. The zero-order chi connectivity index (χ0) is 30.2. The van der Waals surface area contributed by atoms with Gasteiger partial charge in [0.05, 0.1) is 30.7 Å². The molecule has 3 aromatic rings. The molecule has 1 fully saturated rings. The lowest BCUT2D eigenvalue weighted by Gasteiger charge is -2.18. The van der Waals surface area contributed by atoms with Crippen LogP contribution in [0.1, 0.15) is 33.8 Å². The van der Waals surface area contributed by atoms with Crippen molar-refractivity contribution in [3.63, 3.8) is 0 Å². The Morgan fingerprint density at radius 3 is 2.57 bits per heavy atom. The van der Waals surface area contributed by atoms with Crippen molar-refractivity contribution in [3.8, 4) is 16.9 Å². The van der Waals surface area contributed by atoms with Crippen LogP contribution in [0.4, 0.5) is 17.2 Å². The summed E-state index contributed by atoms with van der Waals surface area (Å²) in [6, 6.07) is 10.3. The van der Waals surface area contributed by atoms with Gasteiger partial charge in [0.1, 0.15) is 11.4 Å². The molecule has 3 amide bonds. The number of rotatable bonds is 11. The third kappa shape index (κ3) is 6.83. The summed E-state index contributed by atoms with van der Waals surface area (Å²) in [4.78, 5) is 47.4. The lowest BCUT2D eigenvalue weighted by atomic mass is 10.0. The van der Waals surface area contributed by atoms with E-state index >= 15 is 0 Å². The predicted molar refractivity (Wildman–Crippen MR) is 159 cm³/mol. The van der Waals surface area contributed by atoms with Crippen LogP contribution in [-0.2, 0) is 4.79 Å². The molecule has 0 aliphatic heterocycles. The number of aliphatic imine (C=N–C) groups is 1. The first-order valence-corrected chi connectivity index (χ1v) is 13.0. The molecule has 14 heteroatoms. The van der Waals surface area contributed by atoms with E-state index in [2.05, 4.69) is 41.2 Å². The second kappa shape index (κ2) is 13.3. The number of benzene rings is 1. The van der Waals surface area contributed by atoms with Gasteiger partial charge in [-0.1, -0.05) is 18.2 Å². The summed E-state index contributed by atoms with van der Waals surface area (Å²) in [5.41, 5.74) is 2.94. The van der Waals surface area contributed by atoms with Crippen molar-refractivity contribution in [2.24, 2.45) is 21.9 Å². The highest BCUT2D eigenvalue weighted by Gasteiger charge is 2.30. The first kappa shape index (κ1) is 29.6. The van der Waals surface area contributed by atoms with Crippen molar-refractivity contribution in [1.82, 2.24) is 25.4 Å². The number of nitrogens with one attached hydrogen (secondary N) is 3. The van der Waals surface area contributed by atoms with Gasteiger partial charge in [-0.15, -0.1) is 10.2 Å². The zero-order valence-corrected chi connectivity index (χ0v) is 23.7. The molecule has 1 aliphatic rings. The Labute approximate surface area is 242 Å². The highest BCUT2D eigenvalue weighted by atomic mass is 16.5. The second-order valence-electron chi connectivity index (χ2n) is 9.45. The minimum atomic E-state index is -0.457. The summed E-state index contributed by atoms with van der Waals surface area (Å²) in [6.45, 7) is 0.172. The highest BCUT2D eigenvalue weighted by Crippen LogP contribution is 2.38. The van der Waals surface area contributed by atoms with Crippen molar-refractivity contribution in [3.05, 3.63) is 54.0 Å². The molecule has 218 valence electrons. The summed E-state index contributed by atoms with van der Waals surface area (Å²) in [5.74, 6) is 5.12. The number of carbonyl (C=O) groups is 3. The van der Waals surface area contributed by atoms with Gasteiger partial charge in [-0.2, -0.15) is 5.10 Å². The number of nitrogens with zero attached hydrogens (tertiary/aromatic N) is 6. The van der Waals surface area contributed by atoms with Crippen LogP contribution in [-0.4, -0.2) is 84.5 Å². The number of nitrogens with two attached hydrogens (primary N) is 1. The molecule has 0 bridgehead atoms. The standard InChI is InChI=1S/C28H32N10O4/c1-30-14-18(35-29)15-38(3)28(41)21-11-10-17(13-32-21)19-6-5-7-20(25(19)42-4)33-22-12-23(34-26(39)16-8-9-16)36-37-24(22)27(40)31-2/h5-7,10-14,16H,8-9,15,29H2,1-4H3,(H,31,40)(H2,33,34,36,39)/b30-14?,35-18+. The van der Waals surface area contributed by atoms with Gasteiger partial charge in [-0.05, 0) is 25.0 Å². The van der Waals surface area contributed by atoms with Crippen LogP contribution in [0.5, 0.6) is 5.75 Å². The summed E-state index contributed by atoms with van der Waals surface area (Å²) >= 11 is 0. The fraction of sp³-hybridized carbons (Fsp3) is 0.286. The van der Waals surface area contributed by atoms with Crippen molar-refractivity contribution < 1.29 is 19.1 Å². The molecule has 0 saturated heterocycles. The van der Waals surface area contributed by atoms with Gasteiger partial charge in [0.2, 0.25) is 5.91 Å². The Bertz CT molecular complexity index is 1530. The summed E-state index contributed by atoms with van der Waals surface area (Å²) in [5, 5.41) is 20.2. The van der Waals surface area contributed by atoms with Gasteiger partial charge in [0, 0.05) is 56.7 Å². The SMILES string of the molecule is CN=C/C(CN(C)C(=O)c1ccc(-c2cccc(Nc3cc(NC(=O)C4CC4)nnc3C(=O)NC)c2OC)cn1)=N\N. The maximum atomic E-state index is 12.9. The van der Waals surface area contributed by atoms with E-state index in [0.29, 0.717) is 34.0 Å². The number of methoxy groups -OCH3 is 1. The smallest absolute Gasteiger partial charge is 0.273 e. The number of anilines is 3. The maximum absolute atomic E-state index is 12.9. The third-order valence-corrected chi connectivity index (χ3v) is 6.41. The number of hydrazone groups is 1. The van der Waals surface area contributed by atoms with Gasteiger partial charge in [0.15, 0.2) is 11.5 Å². The minimum absolute atomic E-state index is 0.0259. The number of pyridine rings is 1. The monoisotopic (exact) mass is 572 g/mol. The van der Waals surface area contributed by atoms with E-state index in [1.807, 2.05) is 6.07 Å². The summed E-state index contributed by atoms with van der Waals surface area (Å²) in [7, 11) is 6.22. The van der Waals surface area contributed by atoms with Gasteiger partial charge in [0.25, 0.3) is 11.8 Å². The molecule has 4 rings (SSSR count). The number of carbonyl (C=O) groups excluding carboxylic acids is 3. The van der Waals surface area contributed by atoms with E-state index in [1.54, 1.807) is 50.6 Å². The Hall–Kier alpha value is -5.40. The molecule has 2 heterocycles. The molecule has 0 atom stereocenters. The van der Waals surface area contributed by atoms with Crippen LogP contribution in [0.25, 0.3) is 11.1 Å². The Balaban J connectivity index is 1.60. The lowest BCUT2D eigenvalue weighted by Crippen LogP contribution is -2.33. The van der Waals surface area contributed by atoms with E-state index in [0.717, 1.165) is 12.8 Å². The highest BCUT2D eigenvalue weighted by molar-refractivity contribution is 6.31. The normalized spacial score (nSPS) is 13.0. The summed E-state index contributed by atoms with van der Waals surface area (Å²) < 4.78 is 5.75. The van der Waals surface area contributed by atoms with Gasteiger partial charge >= 0.3 is 0 Å². The van der Waals surface area contributed by atoms with E-state index in [4.69, 9.17) is 10.6 Å². The fourth-order valence-corrected chi connectivity index (χ4v) is 4.09. The number of amides is 3. The van der Waals surface area contributed by atoms with E-state index in [-0.39, 0.29) is 41.5 Å². The van der Waals surface area contributed by atoms with Crippen molar-refractivity contribution in [1.29, 1.82) is 0 Å². The molecule has 5 N–H and O–H groups in total. The molecule has 1 aromatic carbocycles. The van der Waals surface area contributed by atoms with Crippen LogP contribution < -0.4 is 26.5 Å². The molecular weight excluding hydrogens is 540 g/mol. The molecule has 1 saturated carbocycles. The predicted octanol–water partition coefficient (Wildman–Crippen LogP) is 2.09. The van der Waals surface area contributed by atoms with Gasteiger partial charge < -0.3 is 31.4 Å². The molecule has 0 radical (unpaired) electrons. The van der Waals surface area contributed by atoms with E-state index < -0.39 is 5.91 Å². The molecular formula is C28H32N10O4. The van der Waals surface area contributed by atoms with Crippen molar-refractivity contribution in [2.75, 3.05) is 45.4 Å². The number of hydrogen-bond acceptors (Lipinski definition) is 11. The first-order chi connectivity index (χ1) is 20.3. The van der Waals surface area contributed by atoms with Crippen LogP contribution >= 0.6 is 0 Å². The number of aromatic nitrogens is 3. The number of para-hydroxylation sites is 1.